The quantitative estimate of drug-likeness (QED) is 0.706. The van der Waals surface area contributed by atoms with Crippen molar-refractivity contribution in [2.24, 2.45) is 0 Å². The van der Waals surface area contributed by atoms with Crippen LogP contribution in [-0.4, -0.2) is 26.2 Å². The molecule has 1 unspecified atom stereocenters. The summed E-state index contributed by atoms with van der Waals surface area (Å²) in [5.74, 6) is 0.852. The number of hydrogen-bond donors (Lipinski definition) is 1. The van der Waals surface area contributed by atoms with Crippen LogP contribution in [0.15, 0.2) is 64.5 Å². The van der Waals surface area contributed by atoms with E-state index >= 15 is 0 Å². The summed E-state index contributed by atoms with van der Waals surface area (Å²) in [4.78, 5) is 3.28. The fraction of sp³-hybridized carbons (Fsp3) is 0.222. The van der Waals surface area contributed by atoms with E-state index in [1.54, 1.807) is 11.8 Å². The first-order valence-corrected chi connectivity index (χ1v) is 10.4. The van der Waals surface area contributed by atoms with Crippen LogP contribution in [0.5, 0.6) is 0 Å². The van der Waals surface area contributed by atoms with Crippen LogP contribution in [0.25, 0.3) is 0 Å². The van der Waals surface area contributed by atoms with Gasteiger partial charge in [0, 0.05) is 0 Å². The SMILES string of the molecule is CCC(O)/C(=C/[Se]c1ccccc1)SCc1ccc(Cl)cc1. The van der Waals surface area contributed by atoms with Gasteiger partial charge in [0.2, 0.25) is 0 Å². The van der Waals surface area contributed by atoms with E-state index in [4.69, 9.17) is 11.6 Å². The summed E-state index contributed by atoms with van der Waals surface area (Å²) in [6.45, 7) is 2.01. The minimum atomic E-state index is -0.372. The molecule has 1 atom stereocenters. The number of aliphatic hydroxyl groups excluding tert-OH is 1. The van der Waals surface area contributed by atoms with Crippen molar-refractivity contribution in [2.75, 3.05) is 0 Å². The van der Waals surface area contributed by atoms with Gasteiger partial charge in [-0.05, 0) is 0 Å². The van der Waals surface area contributed by atoms with Crippen molar-refractivity contribution in [3.8, 4) is 0 Å². The molecule has 1 nitrogen and oxygen atoms in total. The summed E-state index contributed by atoms with van der Waals surface area (Å²) in [6.07, 6.45) is 0.368. The van der Waals surface area contributed by atoms with E-state index in [0.717, 1.165) is 22.1 Å². The molecule has 0 aliphatic rings. The van der Waals surface area contributed by atoms with Gasteiger partial charge in [-0.15, -0.1) is 0 Å². The summed E-state index contributed by atoms with van der Waals surface area (Å²) < 4.78 is 1.32. The fourth-order valence-electron chi connectivity index (χ4n) is 1.78. The Hall–Kier alpha value is -0.701. The van der Waals surface area contributed by atoms with Gasteiger partial charge >= 0.3 is 148 Å². The zero-order valence-corrected chi connectivity index (χ0v) is 15.7. The summed E-state index contributed by atoms with van der Waals surface area (Å²) in [5.41, 5.74) is 1.22. The number of thioether (sulfide) groups is 1. The molecule has 2 rings (SSSR count). The number of rotatable bonds is 7. The molecule has 116 valence electrons. The Balaban J connectivity index is 2.01. The predicted molar refractivity (Wildman–Crippen MR) is 99.0 cm³/mol. The summed E-state index contributed by atoms with van der Waals surface area (Å²) in [6, 6.07) is 18.3. The Morgan fingerprint density at radius 3 is 2.50 bits per heavy atom. The van der Waals surface area contributed by atoms with Gasteiger partial charge in [0.15, 0.2) is 0 Å². The molecule has 0 heterocycles. The van der Waals surface area contributed by atoms with Crippen LogP contribution in [-0.2, 0) is 5.75 Å². The maximum atomic E-state index is 10.2. The monoisotopic (exact) mass is 398 g/mol. The standard InChI is InChI=1S/C18H19ClOSSe/c1-2-17(20)18(13-22-16-6-4-3-5-7-16)21-12-14-8-10-15(19)11-9-14/h3-11,13,17,20H,2,12H2,1H3/b18-13-. The minimum absolute atomic E-state index is 0.250. The third-order valence-corrected chi connectivity index (χ3v) is 6.80. The average molecular weight is 398 g/mol. The Labute approximate surface area is 147 Å². The zero-order valence-electron chi connectivity index (χ0n) is 12.4. The van der Waals surface area contributed by atoms with Crippen molar-refractivity contribution in [1.82, 2.24) is 0 Å². The number of aliphatic hydroxyl groups is 1. The topological polar surface area (TPSA) is 20.2 Å². The first kappa shape index (κ1) is 17.7. The van der Waals surface area contributed by atoms with E-state index in [0.29, 0.717) is 0 Å². The molecule has 4 heteroatoms. The van der Waals surface area contributed by atoms with Gasteiger partial charge in [0.1, 0.15) is 0 Å². The van der Waals surface area contributed by atoms with Crippen molar-refractivity contribution in [3.05, 3.63) is 75.1 Å². The van der Waals surface area contributed by atoms with Gasteiger partial charge in [-0.3, -0.25) is 0 Å². The molecule has 0 aromatic heterocycles. The molecule has 0 spiro atoms. The van der Waals surface area contributed by atoms with E-state index in [-0.39, 0.29) is 21.1 Å². The van der Waals surface area contributed by atoms with Crippen molar-refractivity contribution in [1.29, 1.82) is 0 Å². The second-order valence-corrected chi connectivity index (χ2v) is 8.25. The molecular formula is C18H19ClOSSe. The second kappa shape index (κ2) is 9.44. The molecule has 1 N–H and O–H groups in total. The van der Waals surface area contributed by atoms with Gasteiger partial charge in [-0.1, -0.05) is 0 Å². The Morgan fingerprint density at radius 1 is 1.18 bits per heavy atom. The molecule has 0 aliphatic heterocycles. The third-order valence-electron chi connectivity index (χ3n) is 3.09. The molecule has 0 fully saturated rings. The second-order valence-electron chi connectivity index (χ2n) is 4.79. The van der Waals surface area contributed by atoms with Crippen LogP contribution in [0.4, 0.5) is 0 Å². The first-order valence-electron chi connectivity index (χ1n) is 7.16. The van der Waals surface area contributed by atoms with Crippen molar-refractivity contribution in [3.63, 3.8) is 0 Å². The van der Waals surface area contributed by atoms with E-state index < -0.39 is 0 Å². The Bertz CT molecular complexity index is 598. The summed E-state index contributed by atoms with van der Waals surface area (Å²) in [5, 5.41) is 11.0. The molecule has 22 heavy (non-hydrogen) atoms. The molecular weight excluding hydrogens is 379 g/mol. The summed E-state index contributed by atoms with van der Waals surface area (Å²) in [7, 11) is 0. The molecule has 2 aromatic carbocycles. The van der Waals surface area contributed by atoms with Gasteiger partial charge in [-0.25, -0.2) is 0 Å². The maximum absolute atomic E-state index is 10.2. The van der Waals surface area contributed by atoms with Crippen LogP contribution >= 0.6 is 23.4 Å². The van der Waals surface area contributed by atoms with E-state index in [1.165, 1.54) is 10.0 Å². The zero-order chi connectivity index (χ0) is 15.8. The number of hydrogen-bond acceptors (Lipinski definition) is 2. The molecule has 0 saturated heterocycles. The normalized spacial score (nSPS) is 13.1. The molecule has 0 bridgehead atoms. The van der Waals surface area contributed by atoms with Crippen molar-refractivity contribution in [2.45, 2.75) is 25.2 Å². The fourth-order valence-corrected chi connectivity index (χ4v) is 5.06. The Kier molecular flexibility index (Phi) is 7.57. The van der Waals surface area contributed by atoms with Crippen LogP contribution in [0.2, 0.25) is 5.02 Å². The molecule has 0 radical (unpaired) electrons. The number of benzene rings is 2. The van der Waals surface area contributed by atoms with Crippen LogP contribution in [0, 0.1) is 0 Å². The number of halogens is 1. The predicted octanol–water partition coefficient (Wildman–Crippen LogP) is 4.22. The molecule has 0 amide bonds. The third kappa shape index (κ3) is 5.83. The first-order chi connectivity index (χ1) is 10.7. The Morgan fingerprint density at radius 2 is 1.86 bits per heavy atom. The van der Waals surface area contributed by atoms with E-state index in [2.05, 4.69) is 29.2 Å². The van der Waals surface area contributed by atoms with Crippen LogP contribution < -0.4 is 4.46 Å². The van der Waals surface area contributed by atoms with E-state index in [1.807, 2.05) is 37.3 Å². The van der Waals surface area contributed by atoms with Gasteiger partial charge in [0.25, 0.3) is 0 Å². The van der Waals surface area contributed by atoms with Gasteiger partial charge in [0.05, 0.1) is 0 Å². The van der Waals surface area contributed by atoms with Crippen LogP contribution in [0.1, 0.15) is 18.9 Å². The van der Waals surface area contributed by atoms with Crippen molar-refractivity contribution >= 4 is 42.8 Å². The van der Waals surface area contributed by atoms with Gasteiger partial charge < -0.3 is 0 Å². The van der Waals surface area contributed by atoms with Crippen molar-refractivity contribution < 1.29 is 5.11 Å². The molecule has 2 aromatic rings. The van der Waals surface area contributed by atoms with Crippen LogP contribution in [0.3, 0.4) is 0 Å². The average Bonchev–Trinajstić information content (AvgIpc) is 2.57. The molecule has 0 saturated carbocycles. The summed E-state index contributed by atoms with van der Waals surface area (Å²) >= 11 is 7.87. The molecule has 0 aliphatic carbocycles. The van der Waals surface area contributed by atoms with E-state index in [9.17, 15) is 5.11 Å². The van der Waals surface area contributed by atoms with Gasteiger partial charge in [-0.2, -0.15) is 0 Å².